The standard InChI is InChI=1S/C29H24BrN3O4S/c1-3-18-9-11-22(12-10-18)33-28(35)23(27(34)32-29(33)38)13-21-14-25(36-4-2)26(15-24(21)30)37-17-20-8-6-5-7-19(20)16-31/h5-15H,3-4,17H2,1-2H3,(H,32,34,38)/b23-13+. The molecule has 2 amide bonds. The summed E-state index contributed by atoms with van der Waals surface area (Å²) in [5, 5.41) is 12.0. The van der Waals surface area contributed by atoms with E-state index in [1.54, 1.807) is 36.4 Å². The predicted molar refractivity (Wildman–Crippen MR) is 153 cm³/mol. The lowest BCUT2D eigenvalue weighted by molar-refractivity contribution is -0.122. The number of rotatable bonds is 8. The number of thiocarbonyl (C=S) groups is 1. The first kappa shape index (κ1) is 27.0. The Balaban J connectivity index is 1.66. The molecule has 192 valence electrons. The summed E-state index contributed by atoms with van der Waals surface area (Å²) in [6, 6.07) is 20.2. The minimum absolute atomic E-state index is 0.0249. The molecule has 0 unspecified atom stereocenters. The zero-order valence-corrected chi connectivity index (χ0v) is 23.2. The number of hydrogen-bond donors (Lipinski definition) is 1. The van der Waals surface area contributed by atoms with Gasteiger partial charge in [0.15, 0.2) is 16.6 Å². The molecule has 0 aromatic heterocycles. The summed E-state index contributed by atoms with van der Waals surface area (Å²) in [4.78, 5) is 27.5. The van der Waals surface area contributed by atoms with Gasteiger partial charge in [-0.1, -0.05) is 53.2 Å². The molecule has 38 heavy (non-hydrogen) atoms. The molecule has 0 radical (unpaired) electrons. The number of carbonyl (C=O) groups excluding carboxylic acids is 2. The van der Waals surface area contributed by atoms with E-state index in [1.165, 1.54) is 11.0 Å². The van der Waals surface area contributed by atoms with Crippen molar-refractivity contribution in [3.05, 3.63) is 93.0 Å². The third-order valence-electron chi connectivity index (χ3n) is 5.89. The van der Waals surface area contributed by atoms with Gasteiger partial charge in [0, 0.05) is 10.0 Å². The SMILES string of the molecule is CCOc1cc(/C=C2\C(=O)NC(=S)N(c3ccc(CC)cc3)C2=O)c(Br)cc1OCc1ccccc1C#N. The number of hydrogen-bond acceptors (Lipinski definition) is 6. The largest absolute Gasteiger partial charge is 0.490 e. The fraction of sp³-hybridized carbons (Fsp3) is 0.172. The minimum Gasteiger partial charge on any atom is -0.490 e. The number of halogens is 1. The topological polar surface area (TPSA) is 91.7 Å². The Labute approximate surface area is 234 Å². The minimum atomic E-state index is -0.584. The molecule has 0 saturated carbocycles. The summed E-state index contributed by atoms with van der Waals surface area (Å²) in [5.41, 5.74) is 3.43. The van der Waals surface area contributed by atoms with E-state index in [4.69, 9.17) is 21.7 Å². The highest BCUT2D eigenvalue weighted by Crippen LogP contribution is 2.36. The number of amides is 2. The molecule has 3 aromatic rings. The van der Waals surface area contributed by atoms with E-state index < -0.39 is 11.8 Å². The predicted octanol–water partition coefficient (Wildman–Crippen LogP) is 5.69. The third-order valence-corrected chi connectivity index (χ3v) is 6.86. The maximum atomic E-state index is 13.4. The highest BCUT2D eigenvalue weighted by Gasteiger charge is 2.34. The van der Waals surface area contributed by atoms with Gasteiger partial charge in [-0.3, -0.25) is 19.8 Å². The van der Waals surface area contributed by atoms with E-state index >= 15 is 0 Å². The quantitative estimate of drug-likeness (QED) is 0.206. The van der Waals surface area contributed by atoms with Gasteiger partial charge in [0.25, 0.3) is 11.8 Å². The molecular weight excluding hydrogens is 566 g/mol. The van der Waals surface area contributed by atoms with Crippen LogP contribution in [0.2, 0.25) is 0 Å². The fourth-order valence-corrected chi connectivity index (χ4v) is 4.60. The average molecular weight is 590 g/mol. The fourth-order valence-electron chi connectivity index (χ4n) is 3.88. The van der Waals surface area contributed by atoms with Crippen LogP contribution in [0.1, 0.15) is 36.1 Å². The van der Waals surface area contributed by atoms with E-state index in [2.05, 4.69) is 27.3 Å². The van der Waals surface area contributed by atoms with Crippen molar-refractivity contribution in [1.29, 1.82) is 5.26 Å². The molecule has 1 heterocycles. The second kappa shape index (κ2) is 12.0. The molecule has 9 heteroatoms. The van der Waals surface area contributed by atoms with Gasteiger partial charge in [0.05, 0.1) is 23.9 Å². The van der Waals surface area contributed by atoms with Gasteiger partial charge in [0.2, 0.25) is 0 Å². The maximum Gasteiger partial charge on any atom is 0.270 e. The Morgan fingerprint density at radius 1 is 1.05 bits per heavy atom. The highest BCUT2D eigenvalue weighted by molar-refractivity contribution is 9.10. The third kappa shape index (κ3) is 5.77. The van der Waals surface area contributed by atoms with Crippen molar-refractivity contribution >= 4 is 56.8 Å². The Hall–Kier alpha value is -4.00. The molecule has 1 saturated heterocycles. The van der Waals surface area contributed by atoms with Gasteiger partial charge < -0.3 is 9.47 Å². The molecular formula is C29H24BrN3O4S. The summed E-state index contributed by atoms with van der Waals surface area (Å²) >= 11 is 8.83. The summed E-state index contributed by atoms with van der Waals surface area (Å²) < 4.78 is 12.4. The van der Waals surface area contributed by atoms with Crippen LogP contribution in [-0.2, 0) is 22.6 Å². The molecule has 0 spiro atoms. The van der Waals surface area contributed by atoms with Crippen molar-refractivity contribution in [1.82, 2.24) is 5.32 Å². The number of anilines is 1. The van der Waals surface area contributed by atoms with Crippen LogP contribution in [0.5, 0.6) is 11.5 Å². The normalized spacial score (nSPS) is 14.3. The Kier molecular flexibility index (Phi) is 8.56. The zero-order valence-electron chi connectivity index (χ0n) is 20.8. The van der Waals surface area contributed by atoms with Crippen LogP contribution in [0.4, 0.5) is 5.69 Å². The number of aryl methyl sites for hydroxylation is 1. The van der Waals surface area contributed by atoms with Crippen molar-refractivity contribution in [3.8, 4) is 17.6 Å². The second-order valence-corrected chi connectivity index (χ2v) is 9.53. The first-order chi connectivity index (χ1) is 18.4. The number of nitrogens with zero attached hydrogens (tertiary/aromatic N) is 2. The zero-order chi connectivity index (χ0) is 27.2. The van der Waals surface area contributed by atoms with Gasteiger partial charge in [-0.25, -0.2) is 0 Å². The number of carbonyl (C=O) groups is 2. The Bertz CT molecular complexity index is 1480. The van der Waals surface area contributed by atoms with Crippen molar-refractivity contribution in [3.63, 3.8) is 0 Å². The van der Waals surface area contributed by atoms with Gasteiger partial charge in [-0.05, 0) is 73.1 Å². The molecule has 3 aromatic carbocycles. The van der Waals surface area contributed by atoms with Gasteiger partial charge in [-0.15, -0.1) is 0 Å². The molecule has 0 atom stereocenters. The summed E-state index contributed by atoms with van der Waals surface area (Å²) in [6.07, 6.45) is 2.36. The molecule has 1 aliphatic heterocycles. The van der Waals surface area contributed by atoms with Gasteiger partial charge in [0.1, 0.15) is 12.2 Å². The Morgan fingerprint density at radius 3 is 2.45 bits per heavy atom. The molecule has 7 nitrogen and oxygen atoms in total. The van der Waals surface area contributed by atoms with E-state index in [0.29, 0.717) is 39.4 Å². The smallest absolute Gasteiger partial charge is 0.270 e. The van der Waals surface area contributed by atoms with Crippen molar-refractivity contribution in [2.24, 2.45) is 0 Å². The molecule has 4 rings (SSSR count). The molecule has 0 aliphatic carbocycles. The van der Waals surface area contributed by atoms with E-state index in [9.17, 15) is 14.9 Å². The first-order valence-corrected chi connectivity index (χ1v) is 13.1. The van der Waals surface area contributed by atoms with Gasteiger partial charge in [-0.2, -0.15) is 5.26 Å². The first-order valence-electron chi connectivity index (χ1n) is 11.9. The van der Waals surface area contributed by atoms with Crippen LogP contribution >= 0.6 is 28.1 Å². The Morgan fingerprint density at radius 2 is 1.76 bits per heavy atom. The van der Waals surface area contributed by atoms with E-state index in [-0.39, 0.29) is 17.3 Å². The van der Waals surface area contributed by atoms with Crippen LogP contribution in [-0.4, -0.2) is 23.5 Å². The van der Waals surface area contributed by atoms with Crippen LogP contribution in [0, 0.1) is 11.3 Å². The van der Waals surface area contributed by atoms with Crippen LogP contribution < -0.4 is 19.7 Å². The van der Waals surface area contributed by atoms with Gasteiger partial charge >= 0.3 is 0 Å². The number of benzene rings is 3. The van der Waals surface area contributed by atoms with Crippen molar-refractivity contribution in [2.75, 3.05) is 11.5 Å². The summed E-state index contributed by atoms with van der Waals surface area (Å²) in [6.45, 7) is 4.43. The van der Waals surface area contributed by atoms with E-state index in [1.807, 2.05) is 38.1 Å². The number of nitriles is 1. The summed E-state index contributed by atoms with van der Waals surface area (Å²) in [7, 11) is 0. The summed E-state index contributed by atoms with van der Waals surface area (Å²) in [5.74, 6) is -0.226. The average Bonchev–Trinajstić information content (AvgIpc) is 2.92. The van der Waals surface area contributed by atoms with Crippen LogP contribution in [0.3, 0.4) is 0 Å². The lowest BCUT2D eigenvalue weighted by Crippen LogP contribution is -2.54. The van der Waals surface area contributed by atoms with Crippen molar-refractivity contribution < 1.29 is 19.1 Å². The molecule has 1 aliphatic rings. The maximum absolute atomic E-state index is 13.4. The monoisotopic (exact) mass is 589 g/mol. The molecule has 1 N–H and O–H groups in total. The number of ether oxygens (including phenoxy) is 2. The second-order valence-electron chi connectivity index (χ2n) is 8.29. The lowest BCUT2D eigenvalue weighted by Gasteiger charge is -2.29. The molecule has 0 bridgehead atoms. The van der Waals surface area contributed by atoms with Crippen molar-refractivity contribution in [2.45, 2.75) is 26.9 Å². The number of nitrogens with one attached hydrogen (secondary N) is 1. The highest BCUT2D eigenvalue weighted by atomic mass is 79.9. The van der Waals surface area contributed by atoms with E-state index in [0.717, 1.165) is 17.5 Å². The van der Waals surface area contributed by atoms with Crippen LogP contribution in [0.25, 0.3) is 6.08 Å². The lowest BCUT2D eigenvalue weighted by atomic mass is 10.1. The van der Waals surface area contributed by atoms with Crippen LogP contribution in [0.15, 0.2) is 70.7 Å². The molecule has 1 fully saturated rings.